The number of rotatable bonds is 4. The molecule has 0 radical (unpaired) electrons. The van der Waals surface area contributed by atoms with Gasteiger partial charge in [0.1, 0.15) is 0 Å². The van der Waals surface area contributed by atoms with Gasteiger partial charge in [-0.15, -0.1) is 0 Å². The predicted molar refractivity (Wildman–Crippen MR) is 107 cm³/mol. The maximum Gasteiger partial charge on any atom is 0.171 e. The summed E-state index contributed by atoms with van der Waals surface area (Å²) in [6.45, 7) is 5.87. The van der Waals surface area contributed by atoms with Crippen LogP contribution in [-0.2, 0) is 0 Å². The van der Waals surface area contributed by atoms with E-state index in [1.165, 1.54) is 38.6 Å². The average molecular weight is 366 g/mol. The SMILES string of the molecule is CC(C)CN1[C@@H]2CCC[C@@H]1CC(NC(=S)Nc1ccccc1Cl)C2. The van der Waals surface area contributed by atoms with Gasteiger partial charge in [-0.25, -0.2) is 0 Å². The van der Waals surface area contributed by atoms with Crippen LogP contribution in [0.25, 0.3) is 0 Å². The van der Waals surface area contributed by atoms with Gasteiger partial charge in [-0.3, -0.25) is 4.90 Å². The summed E-state index contributed by atoms with van der Waals surface area (Å²) in [6, 6.07) is 9.60. The largest absolute Gasteiger partial charge is 0.360 e. The Bertz CT molecular complexity index is 563. The van der Waals surface area contributed by atoms with Crippen LogP contribution in [0.2, 0.25) is 5.02 Å². The fourth-order valence-electron chi connectivity index (χ4n) is 4.22. The number of nitrogens with zero attached hydrogens (tertiary/aromatic N) is 1. The molecule has 5 heteroatoms. The average Bonchev–Trinajstić information content (AvgIpc) is 2.50. The minimum absolute atomic E-state index is 0.464. The summed E-state index contributed by atoms with van der Waals surface area (Å²) in [6.07, 6.45) is 6.40. The van der Waals surface area contributed by atoms with Crippen molar-refractivity contribution in [3.8, 4) is 0 Å². The molecule has 2 heterocycles. The molecule has 3 rings (SSSR count). The molecule has 0 amide bonds. The lowest BCUT2D eigenvalue weighted by Gasteiger charge is -2.49. The molecule has 1 aromatic rings. The van der Waals surface area contributed by atoms with E-state index in [1.807, 2.05) is 24.3 Å². The standard InChI is InChI=1S/C19H28ClN3S/c1-13(2)12-23-15-6-5-7-16(23)11-14(10-15)21-19(24)22-18-9-4-3-8-17(18)20/h3-4,8-9,13-16H,5-7,10-12H2,1-2H3,(H2,21,22,24)/t15-,16-/m1/s1. The van der Waals surface area contributed by atoms with Gasteiger partial charge in [0.2, 0.25) is 0 Å². The zero-order valence-corrected chi connectivity index (χ0v) is 16.2. The Morgan fingerprint density at radius 3 is 2.54 bits per heavy atom. The van der Waals surface area contributed by atoms with Crippen molar-refractivity contribution in [1.29, 1.82) is 0 Å². The lowest BCUT2D eigenvalue weighted by molar-refractivity contribution is 0.0191. The Kier molecular flexibility index (Phi) is 6.01. The third-order valence-electron chi connectivity index (χ3n) is 5.16. The molecule has 2 aliphatic heterocycles. The first kappa shape index (κ1) is 18.0. The van der Waals surface area contributed by atoms with E-state index in [2.05, 4.69) is 29.4 Å². The van der Waals surface area contributed by atoms with Crippen molar-refractivity contribution < 1.29 is 0 Å². The van der Waals surface area contributed by atoms with Crippen molar-refractivity contribution in [3.63, 3.8) is 0 Å². The maximum absolute atomic E-state index is 6.20. The van der Waals surface area contributed by atoms with Crippen molar-refractivity contribution in [2.75, 3.05) is 11.9 Å². The highest BCUT2D eigenvalue weighted by Crippen LogP contribution is 2.34. The number of hydrogen-bond donors (Lipinski definition) is 2. The lowest BCUT2D eigenvalue weighted by atomic mass is 9.81. The highest BCUT2D eigenvalue weighted by atomic mass is 35.5. The van der Waals surface area contributed by atoms with Crippen LogP contribution >= 0.6 is 23.8 Å². The fourth-order valence-corrected chi connectivity index (χ4v) is 4.68. The highest BCUT2D eigenvalue weighted by Gasteiger charge is 2.38. The molecule has 0 aromatic heterocycles. The van der Waals surface area contributed by atoms with Crippen LogP contribution in [0, 0.1) is 5.92 Å². The molecule has 0 saturated carbocycles. The summed E-state index contributed by atoms with van der Waals surface area (Å²) in [5.74, 6) is 0.737. The Balaban J connectivity index is 1.57. The molecule has 3 nitrogen and oxygen atoms in total. The Hall–Kier alpha value is -0.840. The van der Waals surface area contributed by atoms with E-state index in [-0.39, 0.29) is 0 Å². The second-order valence-electron chi connectivity index (χ2n) is 7.58. The van der Waals surface area contributed by atoms with E-state index in [0.29, 0.717) is 28.3 Å². The number of halogens is 1. The third kappa shape index (κ3) is 4.41. The molecule has 132 valence electrons. The quantitative estimate of drug-likeness (QED) is 0.758. The Morgan fingerprint density at radius 1 is 1.25 bits per heavy atom. The van der Waals surface area contributed by atoms with Gasteiger partial charge in [0.25, 0.3) is 0 Å². The summed E-state index contributed by atoms with van der Waals surface area (Å²) in [5, 5.41) is 8.16. The molecule has 2 N–H and O–H groups in total. The number of hydrogen-bond acceptors (Lipinski definition) is 2. The molecule has 0 unspecified atom stereocenters. The molecule has 0 aliphatic carbocycles. The van der Waals surface area contributed by atoms with Crippen LogP contribution in [0.5, 0.6) is 0 Å². The van der Waals surface area contributed by atoms with E-state index < -0.39 is 0 Å². The van der Waals surface area contributed by atoms with Crippen LogP contribution in [0.4, 0.5) is 5.69 Å². The van der Waals surface area contributed by atoms with Crippen LogP contribution in [-0.4, -0.2) is 34.7 Å². The van der Waals surface area contributed by atoms with E-state index in [9.17, 15) is 0 Å². The summed E-state index contributed by atoms with van der Waals surface area (Å²) < 4.78 is 0. The number of fused-ring (bicyclic) bond motifs is 2. The predicted octanol–water partition coefficient (Wildman–Crippen LogP) is 4.67. The van der Waals surface area contributed by atoms with E-state index in [4.69, 9.17) is 23.8 Å². The maximum atomic E-state index is 6.20. The Labute approximate surface area is 156 Å². The van der Waals surface area contributed by atoms with Crippen LogP contribution in [0.15, 0.2) is 24.3 Å². The molecule has 2 fully saturated rings. The molecule has 2 bridgehead atoms. The van der Waals surface area contributed by atoms with Crippen LogP contribution in [0.1, 0.15) is 46.0 Å². The summed E-state index contributed by atoms with van der Waals surface area (Å²) in [5.41, 5.74) is 0.870. The zero-order valence-electron chi connectivity index (χ0n) is 14.6. The lowest BCUT2D eigenvalue weighted by Crippen LogP contribution is -2.58. The first-order chi connectivity index (χ1) is 11.5. The molecular formula is C19H28ClN3S. The van der Waals surface area contributed by atoms with Gasteiger partial charge in [-0.05, 0) is 56.0 Å². The highest BCUT2D eigenvalue weighted by molar-refractivity contribution is 7.80. The number of thiocarbonyl (C=S) groups is 1. The van der Waals surface area contributed by atoms with Crippen molar-refractivity contribution in [1.82, 2.24) is 10.2 Å². The zero-order chi connectivity index (χ0) is 17.1. The van der Waals surface area contributed by atoms with Crippen molar-refractivity contribution >= 4 is 34.6 Å². The molecule has 2 aliphatic rings. The van der Waals surface area contributed by atoms with Gasteiger partial charge in [0.05, 0.1) is 10.7 Å². The smallest absolute Gasteiger partial charge is 0.171 e. The Morgan fingerprint density at radius 2 is 1.92 bits per heavy atom. The molecule has 2 atom stereocenters. The number of para-hydroxylation sites is 1. The van der Waals surface area contributed by atoms with Gasteiger partial charge in [0, 0.05) is 24.7 Å². The van der Waals surface area contributed by atoms with Crippen molar-refractivity contribution in [2.24, 2.45) is 5.92 Å². The normalized spacial score (nSPS) is 27.1. The molecule has 1 aromatic carbocycles. The van der Waals surface area contributed by atoms with E-state index in [0.717, 1.165) is 11.6 Å². The summed E-state index contributed by atoms with van der Waals surface area (Å²) in [7, 11) is 0. The van der Waals surface area contributed by atoms with Gasteiger partial charge in [-0.2, -0.15) is 0 Å². The molecule has 0 spiro atoms. The second-order valence-corrected chi connectivity index (χ2v) is 8.39. The van der Waals surface area contributed by atoms with E-state index in [1.54, 1.807) is 0 Å². The topological polar surface area (TPSA) is 27.3 Å². The monoisotopic (exact) mass is 365 g/mol. The molecular weight excluding hydrogens is 338 g/mol. The first-order valence-corrected chi connectivity index (χ1v) is 9.89. The van der Waals surface area contributed by atoms with Gasteiger partial charge in [-0.1, -0.05) is 44.0 Å². The van der Waals surface area contributed by atoms with E-state index >= 15 is 0 Å². The number of benzene rings is 1. The number of nitrogens with one attached hydrogen (secondary N) is 2. The third-order valence-corrected chi connectivity index (χ3v) is 5.71. The number of anilines is 1. The second kappa shape index (κ2) is 8.03. The van der Waals surface area contributed by atoms with Crippen LogP contribution in [0.3, 0.4) is 0 Å². The van der Waals surface area contributed by atoms with Crippen molar-refractivity contribution in [2.45, 2.75) is 64.1 Å². The minimum atomic E-state index is 0.464. The molecule has 2 saturated heterocycles. The van der Waals surface area contributed by atoms with Crippen molar-refractivity contribution in [3.05, 3.63) is 29.3 Å². The summed E-state index contributed by atoms with van der Waals surface area (Å²) in [4.78, 5) is 2.76. The van der Waals surface area contributed by atoms with Crippen LogP contribution < -0.4 is 10.6 Å². The first-order valence-electron chi connectivity index (χ1n) is 9.10. The molecule has 24 heavy (non-hydrogen) atoms. The minimum Gasteiger partial charge on any atom is -0.360 e. The van der Waals surface area contributed by atoms with Gasteiger partial charge in [0.15, 0.2) is 5.11 Å². The van der Waals surface area contributed by atoms with Gasteiger partial charge < -0.3 is 10.6 Å². The number of piperidine rings is 2. The summed E-state index contributed by atoms with van der Waals surface area (Å²) >= 11 is 11.7. The van der Waals surface area contributed by atoms with Gasteiger partial charge >= 0.3 is 0 Å². The fraction of sp³-hybridized carbons (Fsp3) is 0.632.